The summed E-state index contributed by atoms with van der Waals surface area (Å²) in [5, 5.41) is 18.4. The maximum Gasteiger partial charge on any atom is 0.490 e. The van der Waals surface area contributed by atoms with E-state index in [0.717, 1.165) is 36.6 Å². The number of hydrogen-bond acceptors (Lipinski definition) is 5. The van der Waals surface area contributed by atoms with Gasteiger partial charge in [0.2, 0.25) is 0 Å². The number of aliphatic carboxylic acids is 1. The van der Waals surface area contributed by atoms with Crippen LogP contribution in [0.3, 0.4) is 0 Å². The highest BCUT2D eigenvalue weighted by atomic mass is 19.4. The van der Waals surface area contributed by atoms with E-state index >= 15 is 0 Å². The summed E-state index contributed by atoms with van der Waals surface area (Å²) in [5.41, 5.74) is 5.80. The molecule has 1 unspecified atom stereocenters. The van der Waals surface area contributed by atoms with E-state index in [9.17, 15) is 13.2 Å². The van der Waals surface area contributed by atoms with Crippen molar-refractivity contribution < 1.29 is 23.1 Å². The van der Waals surface area contributed by atoms with E-state index in [1.807, 2.05) is 12.1 Å². The van der Waals surface area contributed by atoms with Gasteiger partial charge in [0.1, 0.15) is 0 Å². The second kappa shape index (κ2) is 11.0. The largest absolute Gasteiger partial charge is 0.490 e. The Morgan fingerprint density at radius 2 is 1.88 bits per heavy atom. The first-order valence-corrected chi connectivity index (χ1v) is 10.5. The molecule has 1 atom stereocenters. The van der Waals surface area contributed by atoms with E-state index in [0.29, 0.717) is 6.04 Å². The lowest BCUT2D eigenvalue weighted by molar-refractivity contribution is -0.192. The molecule has 7 nitrogen and oxygen atoms in total. The molecule has 3 N–H and O–H groups in total. The second-order valence-electron chi connectivity index (χ2n) is 7.82. The number of aromatic amines is 1. The summed E-state index contributed by atoms with van der Waals surface area (Å²) in [6.07, 6.45) is 0.942. The molecule has 33 heavy (non-hydrogen) atoms. The van der Waals surface area contributed by atoms with Crippen LogP contribution in [0.4, 0.5) is 18.9 Å². The van der Waals surface area contributed by atoms with Gasteiger partial charge in [0.15, 0.2) is 0 Å². The van der Waals surface area contributed by atoms with Gasteiger partial charge in [-0.1, -0.05) is 17.7 Å². The number of piperidine rings is 1. The van der Waals surface area contributed by atoms with Gasteiger partial charge in [0.05, 0.1) is 5.69 Å². The molecule has 2 aromatic heterocycles. The van der Waals surface area contributed by atoms with Gasteiger partial charge in [0.25, 0.3) is 0 Å². The van der Waals surface area contributed by atoms with Gasteiger partial charge in [-0.15, -0.1) is 0 Å². The number of anilines is 1. The molecule has 0 aliphatic carbocycles. The number of aryl methyl sites for hydroxylation is 1. The van der Waals surface area contributed by atoms with Gasteiger partial charge in [-0.2, -0.15) is 18.3 Å². The van der Waals surface area contributed by atoms with Crippen LogP contribution in [-0.4, -0.2) is 51.6 Å². The quantitative estimate of drug-likeness (QED) is 0.528. The van der Waals surface area contributed by atoms with Crippen LogP contribution in [0.1, 0.15) is 24.1 Å². The molecule has 1 aromatic carbocycles. The number of aromatic nitrogens is 3. The Morgan fingerprint density at radius 1 is 1.21 bits per heavy atom. The summed E-state index contributed by atoms with van der Waals surface area (Å²) in [5.74, 6) is -2.76. The first-order valence-electron chi connectivity index (χ1n) is 10.5. The number of benzene rings is 1. The highest BCUT2D eigenvalue weighted by Crippen LogP contribution is 2.21. The van der Waals surface area contributed by atoms with Crippen molar-refractivity contribution in [2.75, 3.05) is 18.0 Å². The number of H-pyrrole nitrogens is 1. The number of hydrogen-bond donors (Lipinski definition) is 3. The van der Waals surface area contributed by atoms with Crippen LogP contribution in [-0.2, 0) is 11.3 Å². The Balaban J connectivity index is 0.000000383. The molecule has 0 bridgehead atoms. The van der Waals surface area contributed by atoms with Crippen molar-refractivity contribution in [1.29, 1.82) is 0 Å². The predicted octanol–water partition coefficient (Wildman–Crippen LogP) is 4.17. The molecule has 0 amide bonds. The maximum absolute atomic E-state index is 10.6. The lowest BCUT2D eigenvalue weighted by Crippen LogP contribution is -2.45. The zero-order valence-electron chi connectivity index (χ0n) is 18.1. The average molecular weight is 461 g/mol. The second-order valence-corrected chi connectivity index (χ2v) is 7.82. The third-order valence-corrected chi connectivity index (χ3v) is 5.25. The van der Waals surface area contributed by atoms with Crippen LogP contribution in [0.5, 0.6) is 0 Å². The van der Waals surface area contributed by atoms with Crippen molar-refractivity contribution in [1.82, 2.24) is 20.5 Å². The highest BCUT2D eigenvalue weighted by molar-refractivity contribution is 5.73. The molecule has 3 aromatic rings. The van der Waals surface area contributed by atoms with Gasteiger partial charge in [0, 0.05) is 55.0 Å². The summed E-state index contributed by atoms with van der Waals surface area (Å²) < 4.78 is 31.7. The minimum Gasteiger partial charge on any atom is -0.475 e. The predicted molar refractivity (Wildman–Crippen MR) is 119 cm³/mol. The van der Waals surface area contributed by atoms with Crippen molar-refractivity contribution in [3.63, 3.8) is 0 Å². The fourth-order valence-corrected chi connectivity index (χ4v) is 3.51. The third-order valence-electron chi connectivity index (χ3n) is 5.25. The SMILES string of the molecule is Cc1ccc(N2CCCC(NCc3cc(-c4ccncc4)n[nH]3)C2)cc1.O=C(O)C(F)(F)F. The minimum atomic E-state index is -5.08. The van der Waals surface area contributed by atoms with Crippen molar-refractivity contribution in [2.24, 2.45) is 0 Å². The smallest absolute Gasteiger partial charge is 0.475 e. The molecule has 0 saturated carbocycles. The van der Waals surface area contributed by atoms with E-state index in [2.05, 4.69) is 62.7 Å². The van der Waals surface area contributed by atoms with Crippen LogP contribution < -0.4 is 10.2 Å². The van der Waals surface area contributed by atoms with Gasteiger partial charge < -0.3 is 15.3 Å². The molecule has 0 spiro atoms. The first-order chi connectivity index (χ1) is 15.7. The monoisotopic (exact) mass is 461 g/mol. The van der Waals surface area contributed by atoms with Crippen LogP contribution in [0.15, 0.2) is 54.9 Å². The lowest BCUT2D eigenvalue weighted by atomic mass is 10.0. The molecule has 1 fully saturated rings. The summed E-state index contributed by atoms with van der Waals surface area (Å²) in [7, 11) is 0. The van der Waals surface area contributed by atoms with E-state index in [1.165, 1.54) is 24.1 Å². The molecular weight excluding hydrogens is 435 g/mol. The third kappa shape index (κ3) is 7.31. The maximum atomic E-state index is 10.6. The number of alkyl halides is 3. The number of pyridine rings is 1. The van der Waals surface area contributed by atoms with E-state index < -0.39 is 12.1 Å². The summed E-state index contributed by atoms with van der Waals surface area (Å²) in [4.78, 5) is 15.4. The molecule has 176 valence electrons. The standard InChI is InChI=1S/C21H25N5.C2HF3O2/c1-16-4-6-20(7-5-16)26-12-2-3-18(15-26)23-14-19-13-21(25-24-19)17-8-10-22-11-9-17;3-2(4,5)1(6)7/h4-11,13,18,23H,2-3,12,14-15H2,1H3,(H,24,25);(H,6,7). The number of carbonyl (C=O) groups is 1. The van der Waals surface area contributed by atoms with Gasteiger partial charge in [-0.25, -0.2) is 4.79 Å². The van der Waals surface area contributed by atoms with E-state index in [4.69, 9.17) is 9.90 Å². The lowest BCUT2D eigenvalue weighted by Gasteiger charge is -2.35. The van der Waals surface area contributed by atoms with E-state index in [1.54, 1.807) is 12.4 Å². The van der Waals surface area contributed by atoms with Crippen molar-refractivity contribution >= 4 is 11.7 Å². The zero-order chi connectivity index (χ0) is 23.8. The van der Waals surface area contributed by atoms with Crippen LogP contribution >= 0.6 is 0 Å². The topological polar surface area (TPSA) is 94.1 Å². The summed E-state index contributed by atoms with van der Waals surface area (Å²) in [6, 6.07) is 15.4. The normalized spacial score (nSPS) is 16.1. The van der Waals surface area contributed by atoms with Gasteiger partial charge >= 0.3 is 12.1 Å². The number of nitrogens with one attached hydrogen (secondary N) is 2. The fourth-order valence-electron chi connectivity index (χ4n) is 3.51. The molecule has 1 aliphatic heterocycles. The molecule has 10 heteroatoms. The van der Waals surface area contributed by atoms with Crippen molar-refractivity contribution in [3.8, 4) is 11.3 Å². The van der Waals surface area contributed by atoms with Crippen molar-refractivity contribution in [3.05, 3.63) is 66.1 Å². The number of carboxylic acids is 1. The average Bonchev–Trinajstić information content (AvgIpc) is 3.28. The number of nitrogens with zero attached hydrogens (tertiary/aromatic N) is 3. The molecule has 1 aliphatic rings. The highest BCUT2D eigenvalue weighted by Gasteiger charge is 2.38. The minimum absolute atomic E-state index is 0.498. The molecule has 3 heterocycles. The molecular formula is C23H26F3N5O2. The number of carboxylic acid groups (broad SMARTS) is 1. The number of rotatable bonds is 5. The Kier molecular flexibility index (Phi) is 8.05. The Hall–Kier alpha value is -3.40. The Morgan fingerprint density at radius 3 is 2.52 bits per heavy atom. The Bertz CT molecular complexity index is 1020. The molecule has 4 rings (SSSR count). The van der Waals surface area contributed by atoms with E-state index in [-0.39, 0.29) is 0 Å². The van der Waals surface area contributed by atoms with Gasteiger partial charge in [-0.3, -0.25) is 10.1 Å². The van der Waals surface area contributed by atoms with Crippen LogP contribution in [0, 0.1) is 6.92 Å². The van der Waals surface area contributed by atoms with Crippen molar-refractivity contribution in [2.45, 2.75) is 38.5 Å². The Labute approximate surface area is 189 Å². The fraction of sp³-hybridized carbons (Fsp3) is 0.348. The summed E-state index contributed by atoms with van der Waals surface area (Å²) in [6.45, 7) is 5.13. The molecule has 1 saturated heterocycles. The van der Waals surface area contributed by atoms with Gasteiger partial charge in [-0.05, 0) is 50.1 Å². The number of halogens is 3. The summed E-state index contributed by atoms with van der Waals surface area (Å²) >= 11 is 0. The van der Waals surface area contributed by atoms with Crippen LogP contribution in [0.25, 0.3) is 11.3 Å². The zero-order valence-corrected chi connectivity index (χ0v) is 18.1. The first kappa shape index (κ1) is 24.2. The molecule has 0 radical (unpaired) electrons. The van der Waals surface area contributed by atoms with Crippen LogP contribution in [0.2, 0.25) is 0 Å².